The molecule has 0 radical (unpaired) electrons. The summed E-state index contributed by atoms with van der Waals surface area (Å²) in [6.45, 7) is 6.98. The Hall–Kier alpha value is -2.19. The van der Waals surface area contributed by atoms with Gasteiger partial charge in [0, 0.05) is 50.7 Å². The fourth-order valence-electron chi connectivity index (χ4n) is 3.85. The zero-order valence-electron chi connectivity index (χ0n) is 18.6. The molecule has 1 aromatic carbocycles. The average molecular weight is 430 g/mol. The minimum Gasteiger partial charge on any atom is -0.497 e. The maximum atomic E-state index is 10.5. The highest BCUT2D eigenvalue weighted by Gasteiger charge is 2.20. The zero-order valence-corrected chi connectivity index (χ0v) is 18.6. The Balaban J connectivity index is 1.60. The van der Waals surface area contributed by atoms with Crippen molar-refractivity contribution >= 4 is 0 Å². The van der Waals surface area contributed by atoms with E-state index in [1.165, 1.54) is 5.56 Å². The van der Waals surface area contributed by atoms with Gasteiger partial charge in [-0.05, 0) is 55.3 Å². The molecular weight excluding hydrogens is 394 g/mol. The van der Waals surface area contributed by atoms with Gasteiger partial charge in [-0.2, -0.15) is 0 Å². The van der Waals surface area contributed by atoms with Gasteiger partial charge in [0.05, 0.1) is 13.2 Å². The van der Waals surface area contributed by atoms with Crippen molar-refractivity contribution in [3.05, 3.63) is 53.9 Å². The molecule has 0 aliphatic carbocycles. The number of hydrogen-bond acceptors (Lipinski definition) is 7. The van der Waals surface area contributed by atoms with Gasteiger partial charge in [-0.3, -0.25) is 9.88 Å². The van der Waals surface area contributed by atoms with Crippen molar-refractivity contribution in [1.29, 1.82) is 0 Å². The van der Waals surface area contributed by atoms with Gasteiger partial charge in [-0.1, -0.05) is 6.92 Å². The van der Waals surface area contributed by atoms with Crippen molar-refractivity contribution in [2.24, 2.45) is 0 Å². The number of benzene rings is 1. The van der Waals surface area contributed by atoms with E-state index in [1.54, 1.807) is 7.11 Å². The van der Waals surface area contributed by atoms with Crippen LogP contribution in [0.25, 0.3) is 0 Å². The SMILES string of the molecule is CCN(Cc1ccncc1)Cc1cc(OC)ccc1OCC(O)CN1CCC(O)CC1. The van der Waals surface area contributed by atoms with E-state index in [9.17, 15) is 10.2 Å². The third-order valence-corrected chi connectivity index (χ3v) is 5.72. The van der Waals surface area contributed by atoms with Gasteiger partial charge in [0.1, 0.15) is 24.2 Å². The second kappa shape index (κ2) is 12.0. The number of nitrogens with zero attached hydrogens (tertiary/aromatic N) is 3. The average Bonchev–Trinajstić information content (AvgIpc) is 2.80. The summed E-state index contributed by atoms with van der Waals surface area (Å²) in [5.74, 6) is 1.55. The number of aliphatic hydroxyl groups excluding tert-OH is 2. The van der Waals surface area contributed by atoms with E-state index in [2.05, 4.69) is 21.7 Å². The Morgan fingerprint density at radius 1 is 1.16 bits per heavy atom. The maximum Gasteiger partial charge on any atom is 0.124 e. The maximum absolute atomic E-state index is 10.5. The van der Waals surface area contributed by atoms with Crippen molar-refractivity contribution in [3.63, 3.8) is 0 Å². The van der Waals surface area contributed by atoms with E-state index in [-0.39, 0.29) is 12.7 Å². The van der Waals surface area contributed by atoms with Gasteiger partial charge >= 0.3 is 0 Å². The Bertz CT molecular complexity index is 782. The number of pyridine rings is 1. The van der Waals surface area contributed by atoms with Crippen LogP contribution < -0.4 is 9.47 Å². The molecule has 7 nitrogen and oxygen atoms in total. The minimum atomic E-state index is -0.579. The molecule has 2 aromatic rings. The molecule has 31 heavy (non-hydrogen) atoms. The van der Waals surface area contributed by atoms with Crippen LogP contribution in [0.4, 0.5) is 0 Å². The fraction of sp³-hybridized carbons (Fsp3) is 0.542. The number of aliphatic hydroxyl groups is 2. The summed E-state index contributed by atoms with van der Waals surface area (Å²) in [7, 11) is 1.66. The Kier molecular flexibility index (Phi) is 9.09. The van der Waals surface area contributed by atoms with Gasteiger partial charge in [-0.25, -0.2) is 0 Å². The molecule has 1 aliphatic rings. The minimum absolute atomic E-state index is 0.208. The van der Waals surface area contributed by atoms with Crippen molar-refractivity contribution in [2.45, 2.75) is 45.1 Å². The van der Waals surface area contributed by atoms with Crippen molar-refractivity contribution in [3.8, 4) is 11.5 Å². The van der Waals surface area contributed by atoms with Crippen LogP contribution in [0.2, 0.25) is 0 Å². The molecule has 1 saturated heterocycles. The highest BCUT2D eigenvalue weighted by molar-refractivity contribution is 5.40. The van der Waals surface area contributed by atoms with Crippen molar-refractivity contribution < 1.29 is 19.7 Å². The highest BCUT2D eigenvalue weighted by atomic mass is 16.5. The first kappa shape index (κ1) is 23.5. The quantitative estimate of drug-likeness (QED) is 0.568. The second-order valence-corrected chi connectivity index (χ2v) is 8.13. The lowest BCUT2D eigenvalue weighted by atomic mass is 10.1. The molecule has 170 valence electrons. The van der Waals surface area contributed by atoms with E-state index in [4.69, 9.17) is 9.47 Å². The van der Waals surface area contributed by atoms with Crippen molar-refractivity contribution in [2.75, 3.05) is 39.9 Å². The Morgan fingerprint density at radius 3 is 2.58 bits per heavy atom. The molecule has 1 atom stereocenters. The van der Waals surface area contributed by atoms with Crippen LogP contribution in [0.15, 0.2) is 42.7 Å². The summed E-state index contributed by atoms with van der Waals surface area (Å²) in [4.78, 5) is 8.60. The standard InChI is InChI=1S/C24H35N3O4/c1-3-26(15-19-6-10-25-11-7-19)16-20-14-23(30-2)4-5-24(20)31-18-22(29)17-27-12-8-21(28)9-13-27/h4-7,10-11,14,21-22,28-29H,3,8-9,12-13,15-18H2,1-2H3. The summed E-state index contributed by atoms with van der Waals surface area (Å²) in [6, 6.07) is 9.86. The van der Waals surface area contributed by atoms with E-state index in [0.717, 1.165) is 56.1 Å². The van der Waals surface area contributed by atoms with E-state index in [1.807, 2.05) is 42.7 Å². The van der Waals surface area contributed by atoms with E-state index < -0.39 is 6.10 Å². The van der Waals surface area contributed by atoms with Crippen LogP contribution in [-0.2, 0) is 13.1 Å². The van der Waals surface area contributed by atoms with Crippen LogP contribution >= 0.6 is 0 Å². The van der Waals surface area contributed by atoms with Crippen LogP contribution in [0.5, 0.6) is 11.5 Å². The first-order valence-corrected chi connectivity index (χ1v) is 11.1. The highest BCUT2D eigenvalue weighted by Crippen LogP contribution is 2.26. The molecule has 0 amide bonds. The van der Waals surface area contributed by atoms with Crippen molar-refractivity contribution in [1.82, 2.24) is 14.8 Å². The Morgan fingerprint density at radius 2 is 1.90 bits per heavy atom. The molecule has 1 aliphatic heterocycles. The first-order valence-electron chi connectivity index (χ1n) is 11.1. The molecule has 1 unspecified atom stereocenters. The Labute approximate surface area is 185 Å². The number of likely N-dealkylation sites (tertiary alicyclic amines) is 1. The normalized spacial score (nSPS) is 16.4. The molecular formula is C24H35N3O4. The number of β-amino-alcohol motifs (C(OH)–C–C–N with tert-alkyl or cyclic N) is 1. The number of aromatic nitrogens is 1. The smallest absolute Gasteiger partial charge is 0.124 e. The van der Waals surface area contributed by atoms with Gasteiger partial charge in [0.25, 0.3) is 0 Å². The largest absolute Gasteiger partial charge is 0.497 e. The van der Waals surface area contributed by atoms with E-state index in [0.29, 0.717) is 13.1 Å². The van der Waals surface area contributed by atoms with Gasteiger partial charge in [0.15, 0.2) is 0 Å². The third-order valence-electron chi connectivity index (χ3n) is 5.72. The summed E-state index contributed by atoms with van der Waals surface area (Å²) >= 11 is 0. The molecule has 0 bridgehead atoms. The fourth-order valence-corrected chi connectivity index (χ4v) is 3.85. The molecule has 0 spiro atoms. The molecule has 3 rings (SSSR count). The van der Waals surface area contributed by atoms with Gasteiger partial charge in [0.2, 0.25) is 0 Å². The van der Waals surface area contributed by atoms with Crippen LogP contribution in [0.3, 0.4) is 0 Å². The number of piperidine rings is 1. The summed E-state index contributed by atoms with van der Waals surface area (Å²) in [5, 5.41) is 20.1. The van der Waals surface area contributed by atoms with Crippen LogP contribution in [-0.4, -0.2) is 77.1 Å². The lowest BCUT2D eigenvalue weighted by Crippen LogP contribution is -2.41. The number of methoxy groups -OCH3 is 1. The van der Waals surface area contributed by atoms with Gasteiger partial charge < -0.3 is 24.6 Å². The lowest BCUT2D eigenvalue weighted by molar-refractivity contribution is 0.0335. The van der Waals surface area contributed by atoms with Crippen LogP contribution in [0, 0.1) is 0 Å². The van der Waals surface area contributed by atoms with Crippen LogP contribution in [0.1, 0.15) is 30.9 Å². The first-order chi connectivity index (χ1) is 15.1. The molecule has 7 heteroatoms. The second-order valence-electron chi connectivity index (χ2n) is 8.13. The molecule has 1 fully saturated rings. The molecule has 2 heterocycles. The predicted molar refractivity (Wildman–Crippen MR) is 120 cm³/mol. The summed E-state index contributed by atoms with van der Waals surface area (Å²) in [6.07, 6.45) is 4.37. The molecule has 2 N–H and O–H groups in total. The number of ether oxygens (including phenoxy) is 2. The summed E-state index contributed by atoms with van der Waals surface area (Å²) in [5.41, 5.74) is 2.24. The number of rotatable bonds is 11. The third kappa shape index (κ3) is 7.47. The number of hydrogen-bond donors (Lipinski definition) is 2. The molecule has 0 saturated carbocycles. The summed E-state index contributed by atoms with van der Waals surface area (Å²) < 4.78 is 11.5. The molecule has 1 aromatic heterocycles. The predicted octanol–water partition coefficient (Wildman–Crippen LogP) is 2.31. The monoisotopic (exact) mass is 429 g/mol. The lowest BCUT2D eigenvalue weighted by Gasteiger charge is -2.31. The zero-order chi connectivity index (χ0) is 22.1. The van der Waals surface area contributed by atoms with Gasteiger partial charge in [-0.15, -0.1) is 0 Å². The topological polar surface area (TPSA) is 78.3 Å². The van der Waals surface area contributed by atoms with E-state index >= 15 is 0 Å².